The van der Waals surface area contributed by atoms with Gasteiger partial charge in [-0.1, -0.05) is 29.3 Å². The van der Waals surface area contributed by atoms with Gasteiger partial charge in [0.25, 0.3) is 5.82 Å². The highest BCUT2D eigenvalue weighted by atomic mass is 35.5. The molecule has 22 heavy (non-hydrogen) atoms. The monoisotopic (exact) mass is 353 g/mol. The summed E-state index contributed by atoms with van der Waals surface area (Å²) in [5.41, 5.74) is -0.870. The maximum Gasteiger partial charge on any atom is 0.416 e. The summed E-state index contributed by atoms with van der Waals surface area (Å²) in [4.78, 5) is 14.0. The highest BCUT2D eigenvalue weighted by Crippen LogP contribution is 2.31. The van der Waals surface area contributed by atoms with Crippen LogP contribution in [0.2, 0.25) is 0 Å². The van der Waals surface area contributed by atoms with Crippen LogP contribution in [-0.4, -0.2) is 27.8 Å². The van der Waals surface area contributed by atoms with E-state index < -0.39 is 22.5 Å². The molecule has 0 amide bonds. The number of hydrogen-bond donors (Lipinski definition) is 0. The third kappa shape index (κ3) is 3.33. The molecule has 5 nitrogen and oxygen atoms in total. The third-order valence-corrected chi connectivity index (χ3v) is 3.00. The van der Waals surface area contributed by atoms with Crippen molar-refractivity contribution < 1.29 is 22.7 Å². The van der Waals surface area contributed by atoms with Crippen LogP contribution in [0.4, 0.5) is 13.2 Å². The average Bonchev–Trinajstić information content (AvgIpc) is 2.91. The summed E-state index contributed by atoms with van der Waals surface area (Å²) in [6.07, 6.45) is -4.52. The quantitative estimate of drug-likeness (QED) is 0.625. The van der Waals surface area contributed by atoms with Crippen LogP contribution in [0.3, 0.4) is 0 Å². The molecule has 0 atom stereocenters. The molecule has 0 aliphatic carbocycles. The molecule has 0 saturated heterocycles. The zero-order valence-corrected chi connectivity index (χ0v) is 12.4. The van der Waals surface area contributed by atoms with Crippen LogP contribution in [0.15, 0.2) is 24.3 Å². The minimum atomic E-state index is -4.52. The third-order valence-electron chi connectivity index (χ3n) is 2.61. The molecular formula is C12H8Cl2F3N3O2. The van der Waals surface area contributed by atoms with Crippen LogP contribution in [0.1, 0.15) is 26.8 Å². The van der Waals surface area contributed by atoms with Gasteiger partial charge in [0.05, 0.1) is 18.4 Å². The molecule has 2 rings (SSSR count). The van der Waals surface area contributed by atoms with Gasteiger partial charge in [-0.2, -0.15) is 13.2 Å². The van der Waals surface area contributed by atoms with Gasteiger partial charge in [0.15, 0.2) is 10.7 Å². The highest BCUT2D eigenvalue weighted by molar-refractivity contribution is 6.43. The van der Waals surface area contributed by atoms with Crippen molar-refractivity contribution >= 4 is 29.2 Å². The van der Waals surface area contributed by atoms with Gasteiger partial charge in [-0.3, -0.25) is 0 Å². The maximum absolute atomic E-state index is 12.8. The fourth-order valence-corrected chi connectivity index (χ4v) is 1.93. The molecule has 1 aromatic heterocycles. The summed E-state index contributed by atoms with van der Waals surface area (Å²) < 4.78 is 43.7. The SMILES string of the molecule is COC(=O)c1nc(C(Cl)Cl)n(-c2cccc(C(F)(F)F)c2)n1. The second kappa shape index (κ2) is 6.13. The van der Waals surface area contributed by atoms with E-state index in [1.54, 1.807) is 0 Å². The molecule has 1 aromatic carbocycles. The van der Waals surface area contributed by atoms with Gasteiger partial charge in [0.1, 0.15) is 0 Å². The van der Waals surface area contributed by atoms with Gasteiger partial charge in [-0.15, -0.1) is 5.10 Å². The van der Waals surface area contributed by atoms with E-state index in [0.717, 1.165) is 23.9 Å². The number of rotatable bonds is 3. The molecule has 0 spiro atoms. The Morgan fingerprint density at radius 3 is 2.59 bits per heavy atom. The lowest BCUT2D eigenvalue weighted by Crippen LogP contribution is -2.08. The Kier molecular flexibility index (Phi) is 4.62. The Morgan fingerprint density at radius 1 is 1.36 bits per heavy atom. The second-order valence-electron chi connectivity index (χ2n) is 4.05. The number of halogens is 5. The number of nitrogens with zero attached hydrogens (tertiary/aromatic N) is 3. The van der Waals surface area contributed by atoms with Crippen LogP contribution >= 0.6 is 23.2 Å². The normalized spacial score (nSPS) is 11.8. The summed E-state index contributed by atoms with van der Waals surface area (Å²) in [7, 11) is 1.12. The number of esters is 1. The Balaban J connectivity index is 2.56. The topological polar surface area (TPSA) is 57.0 Å². The Morgan fingerprint density at radius 2 is 2.05 bits per heavy atom. The zero-order valence-electron chi connectivity index (χ0n) is 10.9. The van der Waals surface area contributed by atoms with E-state index in [1.807, 2.05) is 0 Å². The minimum Gasteiger partial charge on any atom is -0.463 e. The van der Waals surface area contributed by atoms with E-state index in [2.05, 4.69) is 14.8 Å². The zero-order chi connectivity index (χ0) is 16.5. The number of benzene rings is 1. The van der Waals surface area contributed by atoms with Crippen LogP contribution in [0.5, 0.6) is 0 Å². The van der Waals surface area contributed by atoms with Crippen molar-refractivity contribution in [2.24, 2.45) is 0 Å². The number of carbonyl (C=O) groups excluding carboxylic acids is 1. The predicted octanol–water partition coefficient (Wildman–Crippen LogP) is 3.55. The summed E-state index contributed by atoms with van der Waals surface area (Å²) >= 11 is 11.4. The molecule has 0 saturated carbocycles. The van der Waals surface area contributed by atoms with E-state index in [1.165, 1.54) is 12.1 Å². The molecule has 118 valence electrons. The fraction of sp³-hybridized carbons (Fsp3) is 0.250. The number of alkyl halides is 5. The predicted molar refractivity (Wildman–Crippen MR) is 72.1 cm³/mol. The molecule has 0 N–H and O–H groups in total. The van der Waals surface area contributed by atoms with Crippen LogP contribution in [0, 0.1) is 0 Å². The first-order valence-corrected chi connectivity index (χ1v) is 6.62. The maximum atomic E-state index is 12.8. The average molecular weight is 354 g/mol. The first kappa shape index (κ1) is 16.6. The van der Waals surface area contributed by atoms with Gasteiger partial charge >= 0.3 is 12.1 Å². The van der Waals surface area contributed by atoms with Gasteiger partial charge in [0.2, 0.25) is 0 Å². The second-order valence-corrected chi connectivity index (χ2v) is 5.14. The van der Waals surface area contributed by atoms with E-state index in [-0.39, 0.29) is 17.3 Å². The van der Waals surface area contributed by atoms with Crippen molar-refractivity contribution in [3.05, 3.63) is 41.5 Å². The largest absolute Gasteiger partial charge is 0.463 e. The van der Waals surface area contributed by atoms with Crippen molar-refractivity contribution in [1.82, 2.24) is 14.8 Å². The molecule has 0 radical (unpaired) electrons. The number of ether oxygens (including phenoxy) is 1. The van der Waals surface area contributed by atoms with E-state index in [9.17, 15) is 18.0 Å². The van der Waals surface area contributed by atoms with Gasteiger partial charge in [0, 0.05) is 0 Å². The van der Waals surface area contributed by atoms with Crippen LogP contribution < -0.4 is 0 Å². The molecule has 0 bridgehead atoms. The first-order chi connectivity index (χ1) is 10.2. The number of carbonyl (C=O) groups is 1. The molecule has 10 heteroatoms. The highest BCUT2D eigenvalue weighted by Gasteiger charge is 2.31. The first-order valence-electron chi connectivity index (χ1n) is 5.75. The van der Waals surface area contributed by atoms with Crippen molar-refractivity contribution in [2.75, 3.05) is 7.11 Å². The van der Waals surface area contributed by atoms with Crippen molar-refractivity contribution in [3.63, 3.8) is 0 Å². The lowest BCUT2D eigenvalue weighted by atomic mass is 10.2. The Labute approximate surface area is 132 Å². The molecule has 0 aliphatic rings. The lowest BCUT2D eigenvalue weighted by Gasteiger charge is -2.10. The number of methoxy groups -OCH3 is 1. The molecule has 1 heterocycles. The van der Waals surface area contributed by atoms with E-state index in [4.69, 9.17) is 23.2 Å². The lowest BCUT2D eigenvalue weighted by molar-refractivity contribution is -0.137. The molecular weight excluding hydrogens is 346 g/mol. The molecule has 0 aliphatic heterocycles. The van der Waals surface area contributed by atoms with Crippen molar-refractivity contribution in [1.29, 1.82) is 0 Å². The van der Waals surface area contributed by atoms with Gasteiger partial charge < -0.3 is 4.74 Å². The van der Waals surface area contributed by atoms with Gasteiger partial charge in [-0.05, 0) is 18.2 Å². The van der Waals surface area contributed by atoms with Crippen molar-refractivity contribution in [2.45, 2.75) is 11.0 Å². The Bertz CT molecular complexity index is 701. The smallest absolute Gasteiger partial charge is 0.416 e. The van der Waals surface area contributed by atoms with Crippen LogP contribution in [-0.2, 0) is 10.9 Å². The fourth-order valence-electron chi connectivity index (χ4n) is 1.65. The number of hydrogen-bond acceptors (Lipinski definition) is 4. The summed E-state index contributed by atoms with van der Waals surface area (Å²) in [5, 5.41) is 3.79. The standard InChI is InChI=1S/C12H8Cl2F3N3O2/c1-22-11(21)9-18-10(8(13)14)20(19-9)7-4-2-3-6(5-7)12(15,16)17/h2-5,8H,1H3. The number of aromatic nitrogens is 3. The summed E-state index contributed by atoms with van der Waals surface area (Å²) in [6, 6.07) is 4.29. The Hall–Kier alpha value is -1.80. The molecule has 0 fully saturated rings. The van der Waals surface area contributed by atoms with Crippen molar-refractivity contribution in [3.8, 4) is 5.69 Å². The minimum absolute atomic E-state index is 0.0128. The molecule has 2 aromatic rings. The van der Waals surface area contributed by atoms with Gasteiger partial charge in [-0.25, -0.2) is 14.5 Å². The van der Waals surface area contributed by atoms with E-state index in [0.29, 0.717) is 0 Å². The summed E-state index contributed by atoms with van der Waals surface area (Å²) in [5.74, 6) is -1.31. The summed E-state index contributed by atoms with van der Waals surface area (Å²) in [6.45, 7) is 0. The molecule has 0 unspecified atom stereocenters. The van der Waals surface area contributed by atoms with E-state index >= 15 is 0 Å². The van der Waals surface area contributed by atoms with Crippen LogP contribution in [0.25, 0.3) is 5.69 Å².